The van der Waals surface area contributed by atoms with E-state index in [1.165, 1.54) is 30.0 Å². The smallest absolute Gasteiger partial charge is 0.243 e. The van der Waals surface area contributed by atoms with Crippen LogP contribution >= 0.6 is 0 Å². The molecule has 3 fully saturated rings. The van der Waals surface area contributed by atoms with Gasteiger partial charge < -0.3 is 4.90 Å². The lowest BCUT2D eigenvalue weighted by Gasteiger charge is -2.35. The van der Waals surface area contributed by atoms with Crippen LogP contribution < -0.4 is 0 Å². The Morgan fingerprint density at radius 3 is 2.38 bits per heavy atom. The van der Waals surface area contributed by atoms with Gasteiger partial charge >= 0.3 is 0 Å². The van der Waals surface area contributed by atoms with Crippen LogP contribution in [0, 0.1) is 17.8 Å². The maximum atomic E-state index is 13.1. The van der Waals surface area contributed by atoms with Crippen LogP contribution in [0.2, 0.25) is 0 Å². The summed E-state index contributed by atoms with van der Waals surface area (Å²) in [5, 5.41) is 1.95. The lowest BCUT2D eigenvalue weighted by molar-refractivity contribution is -0.133. The minimum atomic E-state index is -3.54. The molecule has 0 radical (unpaired) electrons. The van der Waals surface area contributed by atoms with Gasteiger partial charge in [0.25, 0.3) is 0 Å². The molecule has 1 aliphatic heterocycles. The van der Waals surface area contributed by atoms with Crippen molar-refractivity contribution < 1.29 is 13.2 Å². The van der Waals surface area contributed by atoms with E-state index in [0.29, 0.717) is 43.4 Å². The van der Waals surface area contributed by atoms with Crippen LogP contribution in [-0.2, 0) is 14.8 Å². The summed E-state index contributed by atoms with van der Waals surface area (Å²) >= 11 is 0. The summed E-state index contributed by atoms with van der Waals surface area (Å²) in [4.78, 5) is 15.0. The molecule has 2 saturated carbocycles. The molecule has 0 aromatic heterocycles. The lowest BCUT2D eigenvalue weighted by atomic mass is 9.86. The summed E-state index contributed by atoms with van der Waals surface area (Å²) in [7, 11) is -3.54. The molecule has 3 atom stereocenters. The van der Waals surface area contributed by atoms with Gasteiger partial charge in [-0.3, -0.25) is 4.79 Å². The standard InChI is InChI=1S/C23H28N2O3S/c26-23(16-21-14-17-5-6-20(21)13-17)24-9-11-25(12-10-24)29(27,28)22-8-7-18-3-1-2-4-19(18)15-22/h1-4,7-8,15,17,20-21H,5-6,9-14,16H2/t17-,20-,21-/m1/s1. The van der Waals surface area contributed by atoms with E-state index in [1.807, 2.05) is 35.2 Å². The lowest BCUT2D eigenvalue weighted by Crippen LogP contribution is -2.50. The Morgan fingerprint density at radius 2 is 1.69 bits per heavy atom. The van der Waals surface area contributed by atoms with Crippen molar-refractivity contribution in [1.82, 2.24) is 9.21 Å². The van der Waals surface area contributed by atoms with Crippen molar-refractivity contribution in [3.63, 3.8) is 0 Å². The zero-order chi connectivity index (χ0) is 20.0. The van der Waals surface area contributed by atoms with Crippen molar-refractivity contribution in [3.05, 3.63) is 42.5 Å². The molecule has 2 aromatic carbocycles. The first kappa shape index (κ1) is 19.1. The zero-order valence-electron chi connectivity index (χ0n) is 16.7. The van der Waals surface area contributed by atoms with Crippen LogP contribution in [0.1, 0.15) is 32.1 Å². The number of nitrogens with zero attached hydrogens (tertiary/aromatic N) is 2. The third-order valence-corrected chi connectivity index (χ3v) is 9.17. The van der Waals surface area contributed by atoms with Crippen molar-refractivity contribution >= 4 is 26.7 Å². The van der Waals surface area contributed by atoms with Gasteiger partial charge in [-0.25, -0.2) is 8.42 Å². The fourth-order valence-electron chi connectivity index (χ4n) is 5.63. The third-order valence-electron chi connectivity index (χ3n) is 7.27. The Balaban J connectivity index is 1.22. The normalized spacial score (nSPS) is 27.6. The average Bonchev–Trinajstić information content (AvgIpc) is 3.36. The summed E-state index contributed by atoms with van der Waals surface area (Å²) in [5.41, 5.74) is 0. The van der Waals surface area contributed by atoms with Gasteiger partial charge in [-0.1, -0.05) is 36.8 Å². The predicted octanol–water partition coefficient (Wildman–Crippen LogP) is 3.50. The van der Waals surface area contributed by atoms with Gasteiger partial charge in [-0.05, 0) is 59.9 Å². The molecule has 154 valence electrons. The van der Waals surface area contributed by atoms with Crippen LogP contribution in [0.15, 0.2) is 47.4 Å². The second-order valence-electron chi connectivity index (χ2n) is 8.93. The Kier molecular flexibility index (Phi) is 4.87. The van der Waals surface area contributed by atoms with Crippen molar-refractivity contribution in [2.45, 2.75) is 37.0 Å². The van der Waals surface area contributed by atoms with E-state index in [2.05, 4.69) is 0 Å². The van der Waals surface area contributed by atoms with Crippen molar-refractivity contribution in [1.29, 1.82) is 0 Å². The third kappa shape index (κ3) is 3.57. The van der Waals surface area contributed by atoms with Crippen LogP contribution in [0.25, 0.3) is 10.8 Å². The molecule has 5 rings (SSSR count). The van der Waals surface area contributed by atoms with Crippen LogP contribution in [-0.4, -0.2) is 49.7 Å². The molecule has 6 heteroatoms. The van der Waals surface area contributed by atoms with Gasteiger partial charge in [0.05, 0.1) is 4.90 Å². The molecule has 2 aromatic rings. The fourth-order valence-corrected chi connectivity index (χ4v) is 7.09. The van der Waals surface area contributed by atoms with Gasteiger partial charge in [0, 0.05) is 32.6 Å². The highest BCUT2D eigenvalue weighted by atomic mass is 32.2. The number of fused-ring (bicyclic) bond motifs is 3. The van der Waals surface area contributed by atoms with E-state index in [0.717, 1.165) is 22.6 Å². The van der Waals surface area contributed by atoms with Crippen molar-refractivity contribution in [2.75, 3.05) is 26.2 Å². The first-order valence-corrected chi connectivity index (χ1v) is 12.2. The maximum Gasteiger partial charge on any atom is 0.243 e. The molecule has 1 heterocycles. The number of amides is 1. The summed E-state index contributed by atoms with van der Waals surface area (Å²) in [6.45, 7) is 1.73. The summed E-state index contributed by atoms with van der Waals surface area (Å²) < 4.78 is 27.7. The first-order chi connectivity index (χ1) is 14.0. The van der Waals surface area contributed by atoms with Gasteiger partial charge in [0.1, 0.15) is 0 Å². The number of piperazine rings is 1. The van der Waals surface area contributed by atoms with E-state index in [9.17, 15) is 13.2 Å². The second-order valence-corrected chi connectivity index (χ2v) is 10.9. The molecule has 2 aliphatic carbocycles. The number of carbonyl (C=O) groups is 1. The topological polar surface area (TPSA) is 57.7 Å². The zero-order valence-corrected chi connectivity index (χ0v) is 17.5. The number of carbonyl (C=O) groups excluding carboxylic acids is 1. The molecule has 1 saturated heterocycles. The summed E-state index contributed by atoms with van der Waals surface area (Å²) in [6, 6.07) is 13.1. The van der Waals surface area contributed by atoms with E-state index in [4.69, 9.17) is 0 Å². The number of sulfonamides is 1. The van der Waals surface area contributed by atoms with E-state index >= 15 is 0 Å². The molecule has 0 unspecified atom stereocenters. The van der Waals surface area contributed by atoms with Crippen LogP contribution in [0.5, 0.6) is 0 Å². The van der Waals surface area contributed by atoms with E-state index in [1.54, 1.807) is 12.1 Å². The Bertz CT molecular complexity index is 1030. The molecule has 1 amide bonds. The minimum absolute atomic E-state index is 0.213. The van der Waals surface area contributed by atoms with Gasteiger partial charge in [-0.15, -0.1) is 0 Å². The SMILES string of the molecule is O=C(C[C@H]1C[C@@H]2CC[C@@H]1C2)N1CCN(S(=O)(=O)c2ccc3ccccc3c2)CC1. The van der Waals surface area contributed by atoms with E-state index < -0.39 is 10.0 Å². The molecular formula is C23H28N2O3S. The van der Waals surface area contributed by atoms with Gasteiger partial charge in [0.2, 0.25) is 15.9 Å². The average molecular weight is 413 g/mol. The molecule has 0 spiro atoms. The Labute approximate surface area is 172 Å². The summed E-state index contributed by atoms with van der Waals surface area (Å²) in [5.74, 6) is 2.37. The number of hydrogen-bond acceptors (Lipinski definition) is 3. The fraction of sp³-hybridized carbons (Fsp3) is 0.522. The van der Waals surface area contributed by atoms with Gasteiger partial charge in [0.15, 0.2) is 0 Å². The molecule has 5 nitrogen and oxygen atoms in total. The number of rotatable bonds is 4. The van der Waals surface area contributed by atoms with Crippen molar-refractivity contribution in [2.24, 2.45) is 17.8 Å². The maximum absolute atomic E-state index is 13.1. The predicted molar refractivity (Wildman–Crippen MR) is 113 cm³/mol. The quantitative estimate of drug-likeness (QED) is 0.772. The Morgan fingerprint density at radius 1 is 0.931 bits per heavy atom. The van der Waals surface area contributed by atoms with Gasteiger partial charge in [-0.2, -0.15) is 4.31 Å². The highest BCUT2D eigenvalue weighted by Gasteiger charge is 2.41. The van der Waals surface area contributed by atoms with Crippen LogP contribution in [0.3, 0.4) is 0 Å². The highest BCUT2D eigenvalue weighted by Crippen LogP contribution is 2.49. The number of hydrogen-bond donors (Lipinski definition) is 0. The molecule has 29 heavy (non-hydrogen) atoms. The molecule has 2 bridgehead atoms. The summed E-state index contributed by atoms with van der Waals surface area (Å²) in [6.07, 6.45) is 5.82. The molecule has 0 N–H and O–H groups in total. The number of benzene rings is 2. The van der Waals surface area contributed by atoms with E-state index in [-0.39, 0.29) is 5.91 Å². The molecule has 3 aliphatic rings. The second kappa shape index (κ2) is 7.40. The van der Waals surface area contributed by atoms with Crippen LogP contribution in [0.4, 0.5) is 0 Å². The monoisotopic (exact) mass is 412 g/mol. The minimum Gasteiger partial charge on any atom is -0.340 e. The highest BCUT2D eigenvalue weighted by molar-refractivity contribution is 7.89. The molecular weight excluding hydrogens is 384 g/mol. The Hall–Kier alpha value is -1.92. The largest absolute Gasteiger partial charge is 0.340 e. The first-order valence-electron chi connectivity index (χ1n) is 10.8. The van der Waals surface area contributed by atoms with Crippen molar-refractivity contribution in [3.8, 4) is 0 Å².